The van der Waals surface area contributed by atoms with E-state index in [1.807, 2.05) is 24.0 Å². The number of fused-ring (bicyclic) bond motifs is 1. The molecule has 5 heterocycles. The van der Waals surface area contributed by atoms with E-state index in [9.17, 15) is 9.18 Å². The summed E-state index contributed by atoms with van der Waals surface area (Å²) >= 11 is 0. The van der Waals surface area contributed by atoms with Crippen LogP contribution in [-0.4, -0.2) is 50.1 Å². The highest BCUT2D eigenvalue weighted by atomic mass is 19.1. The third-order valence-electron chi connectivity index (χ3n) is 5.11. The molecular weight excluding hydrogens is 361 g/mol. The topological polar surface area (TPSA) is 80.0 Å². The summed E-state index contributed by atoms with van der Waals surface area (Å²) in [6, 6.07) is 7.34. The molecule has 5 rings (SSSR count). The highest BCUT2D eigenvalue weighted by Crippen LogP contribution is 2.28. The maximum atomic E-state index is 13.4. The second kappa shape index (κ2) is 6.36. The number of hydrogen-bond acceptors (Lipinski definition) is 6. The van der Waals surface area contributed by atoms with Crippen LogP contribution < -0.4 is 9.80 Å². The first-order valence-corrected chi connectivity index (χ1v) is 9.15. The zero-order valence-corrected chi connectivity index (χ0v) is 15.3. The molecule has 0 spiro atoms. The molecule has 0 unspecified atom stereocenters. The molecule has 0 aliphatic carbocycles. The van der Waals surface area contributed by atoms with Crippen molar-refractivity contribution in [2.45, 2.75) is 26.1 Å². The van der Waals surface area contributed by atoms with Gasteiger partial charge in [-0.2, -0.15) is 5.10 Å². The Kier molecular flexibility index (Phi) is 3.81. The van der Waals surface area contributed by atoms with Gasteiger partial charge < -0.3 is 9.80 Å². The van der Waals surface area contributed by atoms with Crippen LogP contribution in [0.5, 0.6) is 0 Å². The van der Waals surface area contributed by atoms with Crippen LogP contribution in [0.25, 0.3) is 5.82 Å². The maximum absolute atomic E-state index is 13.4. The van der Waals surface area contributed by atoms with Crippen LogP contribution in [0, 0.1) is 6.92 Å². The molecule has 2 aliphatic rings. The molecule has 1 atom stereocenters. The lowest BCUT2D eigenvalue weighted by molar-refractivity contribution is 0.0996. The Morgan fingerprint density at radius 1 is 1.14 bits per heavy atom. The minimum atomic E-state index is -0.812. The summed E-state index contributed by atoms with van der Waals surface area (Å²) in [4.78, 5) is 20.5. The first kappa shape index (κ1) is 16.8. The van der Waals surface area contributed by atoms with Gasteiger partial charge in [0.1, 0.15) is 6.17 Å². The van der Waals surface area contributed by atoms with Crippen LogP contribution in [0.15, 0.2) is 36.7 Å². The highest BCUT2D eigenvalue weighted by Gasteiger charge is 2.32. The Hall–Kier alpha value is -3.36. The fourth-order valence-corrected chi connectivity index (χ4v) is 3.55. The fraction of sp³-hybridized carbons (Fsp3) is 0.316. The van der Waals surface area contributed by atoms with Crippen molar-refractivity contribution < 1.29 is 9.18 Å². The second-order valence-electron chi connectivity index (χ2n) is 7.06. The third-order valence-corrected chi connectivity index (χ3v) is 5.11. The summed E-state index contributed by atoms with van der Waals surface area (Å²) in [6.07, 6.45) is 3.08. The number of aryl methyl sites for hydroxylation is 1. The van der Waals surface area contributed by atoms with E-state index >= 15 is 0 Å². The zero-order valence-electron chi connectivity index (χ0n) is 15.3. The first-order valence-electron chi connectivity index (χ1n) is 9.15. The normalized spacial score (nSPS) is 18.8. The van der Waals surface area contributed by atoms with E-state index < -0.39 is 6.17 Å². The van der Waals surface area contributed by atoms with Crippen molar-refractivity contribution >= 4 is 17.4 Å². The fourth-order valence-electron chi connectivity index (χ4n) is 3.55. The molecule has 0 N–H and O–H groups in total. The molecule has 8 nitrogen and oxygen atoms in total. The van der Waals surface area contributed by atoms with Gasteiger partial charge in [0.15, 0.2) is 11.6 Å². The van der Waals surface area contributed by atoms with Crippen LogP contribution in [0.2, 0.25) is 0 Å². The lowest BCUT2D eigenvalue weighted by Crippen LogP contribution is -2.24. The molecular formula is C19H18FN7O. The number of amides is 1. The molecule has 0 radical (unpaired) electrons. The van der Waals surface area contributed by atoms with E-state index in [1.54, 1.807) is 34.1 Å². The minimum Gasteiger partial charge on any atom is -0.352 e. The van der Waals surface area contributed by atoms with Gasteiger partial charge >= 0.3 is 0 Å². The minimum absolute atomic E-state index is 0.109. The van der Waals surface area contributed by atoms with Gasteiger partial charge in [-0.1, -0.05) is 0 Å². The van der Waals surface area contributed by atoms with Crippen molar-refractivity contribution in [3.05, 3.63) is 53.6 Å². The number of rotatable bonds is 3. The number of nitrogens with zero attached hydrogens (tertiary/aromatic N) is 7. The highest BCUT2D eigenvalue weighted by molar-refractivity contribution is 6.09. The zero-order chi connectivity index (χ0) is 19.3. The number of anilines is 2. The van der Waals surface area contributed by atoms with Crippen molar-refractivity contribution in [1.82, 2.24) is 25.0 Å². The maximum Gasteiger partial charge on any atom is 0.262 e. The quantitative estimate of drug-likeness (QED) is 0.693. The van der Waals surface area contributed by atoms with Crippen molar-refractivity contribution in [3.63, 3.8) is 0 Å². The van der Waals surface area contributed by atoms with Gasteiger partial charge in [0.25, 0.3) is 5.91 Å². The molecule has 0 bridgehead atoms. The summed E-state index contributed by atoms with van der Waals surface area (Å²) < 4.78 is 14.9. The van der Waals surface area contributed by atoms with E-state index in [0.29, 0.717) is 48.9 Å². The third kappa shape index (κ3) is 2.79. The largest absolute Gasteiger partial charge is 0.352 e. The Balaban J connectivity index is 1.36. The molecule has 3 aromatic rings. The van der Waals surface area contributed by atoms with Gasteiger partial charge in [-0.25, -0.2) is 9.07 Å². The molecule has 1 fully saturated rings. The van der Waals surface area contributed by atoms with Gasteiger partial charge in [0, 0.05) is 18.4 Å². The first-order chi connectivity index (χ1) is 13.6. The standard InChI is InChI=1S/C19H18FN7O/c1-12-2-3-14(8-21-12)26-11-16-15(19(26)28)10-27(24-16)18-5-4-17(22-23-18)25-7-6-13(20)9-25/h2-5,8,10,13H,6-7,9,11H2,1H3/t13-/m1/s1. The number of carbonyl (C=O) groups is 1. The van der Waals surface area contributed by atoms with E-state index in [1.165, 1.54) is 0 Å². The summed E-state index contributed by atoms with van der Waals surface area (Å²) in [7, 11) is 0. The van der Waals surface area contributed by atoms with Crippen molar-refractivity contribution in [2.24, 2.45) is 0 Å². The van der Waals surface area contributed by atoms with Gasteiger partial charge in [0.05, 0.1) is 36.2 Å². The predicted octanol–water partition coefficient (Wildman–Crippen LogP) is 2.07. The number of hydrogen-bond donors (Lipinski definition) is 0. The average Bonchev–Trinajstić information content (AvgIpc) is 3.39. The summed E-state index contributed by atoms with van der Waals surface area (Å²) in [6.45, 7) is 3.29. The van der Waals surface area contributed by atoms with Crippen molar-refractivity contribution in [3.8, 4) is 5.82 Å². The number of halogens is 1. The molecule has 1 saturated heterocycles. The van der Waals surface area contributed by atoms with Crippen LogP contribution in [-0.2, 0) is 6.54 Å². The van der Waals surface area contributed by atoms with E-state index in [2.05, 4.69) is 20.3 Å². The van der Waals surface area contributed by atoms with Crippen molar-refractivity contribution in [1.29, 1.82) is 0 Å². The van der Waals surface area contributed by atoms with Gasteiger partial charge in [-0.3, -0.25) is 9.78 Å². The monoisotopic (exact) mass is 379 g/mol. The predicted molar refractivity (Wildman–Crippen MR) is 100 cm³/mol. The van der Waals surface area contributed by atoms with Crippen LogP contribution in [0.3, 0.4) is 0 Å². The molecule has 3 aromatic heterocycles. The Morgan fingerprint density at radius 2 is 1.96 bits per heavy atom. The second-order valence-corrected chi connectivity index (χ2v) is 7.06. The van der Waals surface area contributed by atoms with Crippen LogP contribution in [0.1, 0.15) is 28.2 Å². The van der Waals surface area contributed by atoms with Gasteiger partial charge in [-0.05, 0) is 37.6 Å². The van der Waals surface area contributed by atoms with E-state index in [-0.39, 0.29) is 5.91 Å². The number of alkyl halides is 1. The summed E-state index contributed by atoms with van der Waals surface area (Å²) in [5.74, 6) is 1.06. The Bertz CT molecular complexity index is 1030. The molecule has 0 aromatic carbocycles. The molecule has 1 amide bonds. The van der Waals surface area contributed by atoms with Gasteiger partial charge in [0.2, 0.25) is 0 Å². The smallest absolute Gasteiger partial charge is 0.262 e. The van der Waals surface area contributed by atoms with E-state index in [4.69, 9.17) is 0 Å². The lowest BCUT2D eigenvalue weighted by atomic mass is 10.3. The SMILES string of the molecule is Cc1ccc(N2Cc3nn(-c4ccc(N5CC[C@@H](F)C5)nn4)cc3C2=O)cn1. The van der Waals surface area contributed by atoms with Gasteiger partial charge in [-0.15, -0.1) is 10.2 Å². The Labute approximate surface area is 160 Å². The molecule has 9 heteroatoms. The molecule has 0 saturated carbocycles. The Morgan fingerprint density at radius 3 is 2.61 bits per heavy atom. The van der Waals surface area contributed by atoms with E-state index in [0.717, 1.165) is 11.4 Å². The van der Waals surface area contributed by atoms with Crippen molar-refractivity contribution in [2.75, 3.05) is 22.9 Å². The number of aromatic nitrogens is 5. The summed E-state index contributed by atoms with van der Waals surface area (Å²) in [5.41, 5.74) is 2.89. The lowest BCUT2D eigenvalue weighted by Gasteiger charge is -2.16. The molecule has 28 heavy (non-hydrogen) atoms. The van der Waals surface area contributed by atoms with Crippen LogP contribution >= 0.6 is 0 Å². The van der Waals surface area contributed by atoms with Crippen LogP contribution in [0.4, 0.5) is 15.9 Å². The molecule has 142 valence electrons. The molecule has 2 aliphatic heterocycles. The number of pyridine rings is 1. The number of carbonyl (C=O) groups excluding carboxylic acids is 1. The average molecular weight is 379 g/mol. The summed E-state index contributed by atoms with van der Waals surface area (Å²) in [5, 5.41) is 12.9.